The second kappa shape index (κ2) is 6.08. The van der Waals surface area contributed by atoms with Crippen LogP contribution in [0.2, 0.25) is 0 Å². The van der Waals surface area contributed by atoms with Crippen LogP contribution in [-0.4, -0.2) is 23.6 Å². The molecule has 110 valence electrons. The van der Waals surface area contributed by atoms with Crippen LogP contribution < -0.4 is 9.64 Å². The maximum Gasteiger partial charge on any atom is 0.228 e. The Kier molecular flexibility index (Phi) is 3.99. The van der Waals surface area contributed by atoms with Crippen molar-refractivity contribution in [3.63, 3.8) is 0 Å². The third kappa shape index (κ3) is 3.90. The highest BCUT2D eigenvalue weighted by Gasteiger charge is 2.21. The highest BCUT2D eigenvalue weighted by Crippen LogP contribution is 2.32. The van der Waals surface area contributed by atoms with E-state index in [9.17, 15) is 4.39 Å². The molecule has 0 atom stereocenters. The Balaban J connectivity index is 1.65. The second-order valence-electron chi connectivity index (χ2n) is 5.40. The molecule has 0 unspecified atom stereocenters. The molecule has 1 aliphatic carbocycles. The van der Waals surface area contributed by atoms with Crippen LogP contribution in [0.15, 0.2) is 36.5 Å². The number of halogens is 1. The average molecular weight is 287 g/mol. The van der Waals surface area contributed by atoms with E-state index in [1.54, 1.807) is 24.4 Å². The van der Waals surface area contributed by atoms with Gasteiger partial charge in [-0.1, -0.05) is 12.8 Å². The zero-order valence-electron chi connectivity index (χ0n) is 12.0. The van der Waals surface area contributed by atoms with Crippen molar-refractivity contribution in [2.45, 2.75) is 19.3 Å². The van der Waals surface area contributed by atoms with Crippen LogP contribution in [-0.2, 0) is 0 Å². The van der Waals surface area contributed by atoms with Crippen molar-refractivity contribution in [2.75, 3.05) is 18.5 Å². The molecule has 1 fully saturated rings. The molecular weight excluding hydrogens is 269 g/mol. The largest absolute Gasteiger partial charge is 0.439 e. The summed E-state index contributed by atoms with van der Waals surface area (Å²) in [6.07, 6.45) is 5.56. The number of benzene rings is 1. The summed E-state index contributed by atoms with van der Waals surface area (Å²) in [6.45, 7) is 0.949. The molecular formula is C16H18FN3O. The molecule has 5 heteroatoms. The molecule has 2 aromatic rings. The summed E-state index contributed by atoms with van der Waals surface area (Å²) in [7, 11) is 1.99. The van der Waals surface area contributed by atoms with Gasteiger partial charge in [0.25, 0.3) is 0 Å². The molecule has 1 aromatic heterocycles. The molecule has 0 saturated heterocycles. The second-order valence-corrected chi connectivity index (χ2v) is 5.40. The van der Waals surface area contributed by atoms with Crippen LogP contribution in [0.4, 0.5) is 10.3 Å². The normalized spacial score (nSPS) is 14.0. The van der Waals surface area contributed by atoms with Crippen molar-refractivity contribution < 1.29 is 9.13 Å². The van der Waals surface area contributed by atoms with Gasteiger partial charge in [-0.15, -0.1) is 0 Å². The zero-order valence-corrected chi connectivity index (χ0v) is 12.0. The summed E-state index contributed by atoms with van der Waals surface area (Å²) in [6, 6.07) is 7.57. The maximum absolute atomic E-state index is 12.9. The van der Waals surface area contributed by atoms with E-state index in [1.165, 1.54) is 31.4 Å². The molecule has 4 nitrogen and oxygen atoms in total. The van der Waals surface area contributed by atoms with Gasteiger partial charge < -0.3 is 9.64 Å². The van der Waals surface area contributed by atoms with E-state index >= 15 is 0 Å². The Hall–Kier alpha value is -2.17. The van der Waals surface area contributed by atoms with Gasteiger partial charge in [-0.05, 0) is 36.6 Å². The van der Waals surface area contributed by atoms with E-state index in [1.807, 2.05) is 11.9 Å². The SMILES string of the molecule is CN(CCC1CC1)c1nccc(Oc2ccc(F)cc2)n1. The summed E-state index contributed by atoms with van der Waals surface area (Å²) < 4.78 is 18.5. The number of rotatable bonds is 6. The van der Waals surface area contributed by atoms with Crippen LogP contribution >= 0.6 is 0 Å². The minimum absolute atomic E-state index is 0.287. The van der Waals surface area contributed by atoms with E-state index in [2.05, 4.69) is 9.97 Å². The van der Waals surface area contributed by atoms with Gasteiger partial charge in [0.05, 0.1) is 0 Å². The fraction of sp³-hybridized carbons (Fsp3) is 0.375. The Morgan fingerprint density at radius 2 is 2.00 bits per heavy atom. The van der Waals surface area contributed by atoms with Gasteiger partial charge in [0.1, 0.15) is 11.6 Å². The minimum Gasteiger partial charge on any atom is -0.439 e. The molecule has 1 saturated carbocycles. The minimum atomic E-state index is -0.287. The van der Waals surface area contributed by atoms with Gasteiger partial charge in [-0.25, -0.2) is 9.37 Å². The third-order valence-electron chi connectivity index (χ3n) is 3.56. The summed E-state index contributed by atoms with van der Waals surface area (Å²) in [5.74, 6) is 2.26. The first-order valence-corrected chi connectivity index (χ1v) is 7.18. The number of nitrogens with zero attached hydrogens (tertiary/aromatic N) is 3. The highest BCUT2D eigenvalue weighted by atomic mass is 19.1. The van der Waals surface area contributed by atoms with E-state index in [0.717, 1.165) is 12.5 Å². The lowest BCUT2D eigenvalue weighted by Gasteiger charge is -2.17. The lowest BCUT2D eigenvalue weighted by Crippen LogP contribution is -2.21. The van der Waals surface area contributed by atoms with E-state index in [0.29, 0.717) is 17.6 Å². The van der Waals surface area contributed by atoms with Gasteiger partial charge in [0.2, 0.25) is 11.8 Å². The number of anilines is 1. The van der Waals surface area contributed by atoms with Gasteiger partial charge in [-0.3, -0.25) is 0 Å². The van der Waals surface area contributed by atoms with Crippen LogP contribution in [0.3, 0.4) is 0 Å². The fourth-order valence-electron chi connectivity index (χ4n) is 2.08. The van der Waals surface area contributed by atoms with E-state index in [4.69, 9.17) is 4.74 Å². The predicted molar refractivity (Wildman–Crippen MR) is 79.1 cm³/mol. The van der Waals surface area contributed by atoms with Gasteiger partial charge in [0.15, 0.2) is 0 Å². The van der Waals surface area contributed by atoms with Crippen molar-refractivity contribution in [1.82, 2.24) is 9.97 Å². The Morgan fingerprint density at radius 3 is 2.71 bits per heavy atom. The molecule has 0 radical (unpaired) electrons. The quantitative estimate of drug-likeness (QED) is 0.813. The molecule has 3 rings (SSSR count). The van der Waals surface area contributed by atoms with Crippen molar-refractivity contribution in [3.05, 3.63) is 42.3 Å². The van der Waals surface area contributed by atoms with Gasteiger partial charge in [0, 0.05) is 25.9 Å². The predicted octanol–water partition coefficient (Wildman–Crippen LogP) is 3.64. The molecule has 1 aromatic carbocycles. The fourth-order valence-corrected chi connectivity index (χ4v) is 2.08. The van der Waals surface area contributed by atoms with Crippen LogP contribution in [0, 0.1) is 11.7 Å². The van der Waals surface area contributed by atoms with Crippen molar-refractivity contribution in [1.29, 1.82) is 0 Å². The Labute approximate surface area is 123 Å². The van der Waals surface area contributed by atoms with Crippen LogP contribution in [0.5, 0.6) is 11.6 Å². The number of hydrogen-bond acceptors (Lipinski definition) is 4. The van der Waals surface area contributed by atoms with E-state index < -0.39 is 0 Å². The molecule has 0 spiro atoms. The molecule has 0 N–H and O–H groups in total. The van der Waals surface area contributed by atoms with Gasteiger partial charge in [-0.2, -0.15) is 4.98 Å². The molecule has 0 bridgehead atoms. The summed E-state index contributed by atoms with van der Waals surface area (Å²) in [5.41, 5.74) is 0. The number of ether oxygens (including phenoxy) is 1. The lowest BCUT2D eigenvalue weighted by molar-refractivity contribution is 0.459. The first kappa shape index (κ1) is 13.8. The molecule has 21 heavy (non-hydrogen) atoms. The first-order valence-electron chi connectivity index (χ1n) is 7.18. The number of aromatic nitrogens is 2. The highest BCUT2D eigenvalue weighted by molar-refractivity contribution is 5.33. The standard InChI is InChI=1S/C16H18FN3O/c1-20(11-9-12-2-3-12)16-18-10-8-15(19-16)21-14-6-4-13(17)5-7-14/h4-8,10,12H,2-3,9,11H2,1H3. The van der Waals surface area contributed by atoms with Crippen LogP contribution in [0.25, 0.3) is 0 Å². The molecule has 0 amide bonds. The van der Waals surface area contributed by atoms with Crippen molar-refractivity contribution >= 4 is 5.95 Å². The third-order valence-corrected chi connectivity index (χ3v) is 3.56. The summed E-state index contributed by atoms with van der Waals surface area (Å²) >= 11 is 0. The number of hydrogen-bond donors (Lipinski definition) is 0. The molecule has 1 aliphatic rings. The maximum atomic E-state index is 12.9. The van der Waals surface area contributed by atoms with Crippen LogP contribution in [0.1, 0.15) is 19.3 Å². The monoisotopic (exact) mass is 287 g/mol. The van der Waals surface area contributed by atoms with Crippen molar-refractivity contribution in [3.8, 4) is 11.6 Å². The average Bonchev–Trinajstić information content (AvgIpc) is 3.32. The lowest BCUT2D eigenvalue weighted by atomic mass is 10.3. The first-order chi connectivity index (χ1) is 10.2. The zero-order chi connectivity index (χ0) is 14.7. The topological polar surface area (TPSA) is 38.2 Å². The van der Waals surface area contributed by atoms with Crippen molar-refractivity contribution in [2.24, 2.45) is 5.92 Å². The summed E-state index contributed by atoms with van der Waals surface area (Å²) in [5, 5.41) is 0. The Morgan fingerprint density at radius 1 is 1.24 bits per heavy atom. The molecule has 0 aliphatic heterocycles. The summed E-state index contributed by atoms with van der Waals surface area (Å²) in [4.78, 5) is 10.7. The van der Waals surface area contributed by atoms with E-state index in [-0.39, 0.29) is 5.82 Å². The smallest absolute Gasteiger partial charge is 0.228 e. The van der Waals surface area contributed by atoms with Gasteiger partial charge >= 0.3 is 0 Å². The Bertz CT molecular complexity index is 599. The molecule has 1 heterocycles.